The molecule has 0 spiro atoms. The summed E-state index contributed by atoms with van der Waals surface area (Å²) >= 11 is 6.18. The molecule has 0 amide bonds. The van der Waals surface area contributed by atoms with Gasteiger partial charge in [0.05, 0.1) is 18.4 Å². The van der Waals surface area contributed by atoms with Gasteiger partial charge in [0.25, 0.3) is 0 Å². The second-order valence-electron chi connectivity index (χ2n) is 7.14. The minimum Gasteiger partial charge on any atom is -0.507 e. The van der Waals surface area contributed by atoms with Gasteiger partial charge in [-0.3, -0.25) is 4.98 Å². The lowest BCUT2D eigenvalue weighted by molar-refractivity contribution is -0.0240. The highest BCUT2D eigenvalue weighted by Crippen LogP contribution is 2.50. The van der Waals surface area contributed by atoms with Crippen molar-refractivity contribution < 1.29 is 14.6 Å². The monoisotopic (exact) mass is 421 g/mol. The van der Waals surface area contributed by atoms with E-state index < -0.39 is 6.23 Å². The number of halogens is 1. The minimum absolute atomic E-state index is 0.0745. The predicted octanol–water partition coefficient (Wildman–Crippen LogP) is 5.08. The summed E-state index contributed by atoms with van der Waals surface area (Å²) in [5, 5.41) is 17.7. The third kappa shape index (κ3) is 3.13. The van der Waals surface area contributed by atoms with Crippen LogP contribution in [0.4, 0.5) is 0 Å². The van der Waals surface area contributed by atoms with Crippen molar-refractivity contribution in [1.29, 1.82) is 0 Å². The Morgan fingerprint density at radius 3 is 2.90 bits per heavy atom. The van der Waals surface area contributed by atoms with Crippen molar-refractivity contribution in [3.63, 3.8) is 0 Å². The Balaban J connectivity index is 1.63. The summed E-state index contributed by atoms with van der Waals surface area (Å²) in [6, 6.07) is 16.5. The average molecular weight is 422 g/mol. The maximum Gasteiger partial charge on any atom is 0.230 e. The number of fused-ring (bicyclic) bond motifs is 3. The Morgan fingerprint density at radius 1 is 1.20 bits per heavy atom. The SMILES string of the molecule is CCOc1cccc2c1O[C@@H](c1ccccn1)N1N=C(c3cc(Cl)ccc3O)C[C@@H]21. The summed E-state index contributed by atoms with van der Waals surface area (Å²) in [5.74, 6) is 1.56. The molecule has 5 rings (SSSR count). The van der Waals surface area contributed by atoms with E-state index in [9.17, 15) is 5.11 Å². The molecule has 0 radical (unpaired) electrons. The van der Waals surface area contributed by atoms with E-state index in [1.165, 1.54) is 0 Å². The minimum atomic E-state index is -0.510. The Bertz CT molecular complexity index is 1120. The van der Waals surface area contributed by atoms with Gasteiger partial charge >= 0.3 is 0 Å². The third-order valence-electron chi connectivity index (χ3n) is 5.29. The molecule has 152 valence electrons. The van der Waals surface area contributed by atoms with Gasteiger partial charge < -0.3 is 14.6 Å². The number of hydrogen-bond acceptors (Lipinski definition) is 6. The van der Waals surface area contributed by atoms with Gasteiger partial charge in [0.1, 0.15) is 11.4 Å². The van der Waals surface area contributed by atoms with E-state index in [0.29, 0.717) is 35.1 Å². The van der Waals surface area contributed by atoms with Crippen molar-refractivity contribution in [2.45, 2.75) is 25.6 Å². The number of benzene rings is 2. The number of aromatic nitrogens is 1. The molecular formula is C23H20ClN3O3. The molecule has 2 aliphatic heterocycles. The zero-order chi connectivity index (χ0) is 20.7. The van der Waals surface area contributed by atoms with Crippen LogP contribution in [0.3, 0.4) is 0 Å². The number of rotatable bonds is 4. The molecule has 2 atom stereocenters. The first-order valence-electron chi connectivity index (χ1n) is 9.83. The van der Waals surface area contributed by atoms with Crippen LogP contribution in [0.1, 0.15) is 42.4 Å². The first kappa shape index (κ1) is 18.8. The number of phenols is 1. The number of para-hydroxylation sites is 1. The fourth-order valence-electron chi connectivity index (χ4n) is 3.97. The molecule has 0 bridgehead atoms. The number of phenolic OH excluding ortho intramolecular Hbond substituents is 1. The van der Waals surface area contributed by atoms with Crippen LogP contribution in [0, 0.1) is 0 Å². The first-order chi connectivity index (χ1) is 14.7. The number of aromatic hydroxyl groups is 1. The predicted molar refractivity (Wildman–Crippen MR) is 114 cm³/mol. The molecule has 0 fully saturated rings. The topological polar surface area (TPSA) is 67.2 Å². The summed E-state index contributed by atoms with van der Waals surface area (Å²) in [6.45, 7) is 2.49. The summed E-state index contributed by atoms with van der Waals surface area (Å²) in [4.78, 5) is 4.49. The van der Waals surface area contributed by atoms with Gasteiger partial charge in [-0.05, 0) is 43.3 Å². The molecule has 6 nitrogen and oxygen atoms in total. The lowest BCUT2D eigenvalue weighted by atomic mass is 9.95. The van der Waals surface area contributed by atoms with Crippen LogP contribution in [0.2, 0.25) is 5.02 Å². The fourth-order valence-corrected chi connectivity index (χ4v) is 4.14. The molecule has 3 heterocycles. The summed E-state index contributed by atoms with van der Waals surface area (Å²) < 4.78 is 12.2. The molecule has 30 heavy (non-hydrogen) atoms. The highest BCUT2D eigenvalue weighted by molar-refractivity contribution is 6.31. The van der Waals surface area contributed by atoms with E-state index in [2.05, 4.69) is 4.98 Å². The van der Waals surface area contributed by atoms with E-state index in [-0.39, 0.29) is 11.8 Å². The number of nitrogens with zero attached hydrogens (tertiary/aromatic N) is 3. The first-order valence-corrected chi connectivity index (χ1v) is 10.2. The van der Waals surface area contributed by atoms with Gasteiger partial charge in [-0.2, -0.15) is 5.10 Å². The van der Waals surface area contributed by atoms with E-state index in [1.807, 2.05) is 48.3 Å². The maximum atomic E-state index is 10.4. The van der Waals surface area contributed by atoms with Crippen LogP contribution in [0.25, 0.3) is 0 Å². The number of pyridine rings is 1. The largest absolute Gasteiger partial charge is 0.507 e. The quantitative estimate of drug-likeness (QED) is 0.636. The number of hydrogen-bond donors (Lipinski definition) is 1. The van der Waals surface area contributed by atoms with Gasteiger partial charge in [-0.15, -0.1) is 0 Å². The Labute approximate surface area is 179 Å². The maximum absolute atomic E-state index is 10.4. The molecule has 2 aliphatic rings. The van der Waals surface area contributed by atoms with Gasteiger partial charge in [-0.25, -0.2) is 5.01 Å². The Hall–Kier alpha value is -3.25. The van der Waals surface area contributed by atoms with Crippen LogP contribution in [-0.2, 0) is 0 Å². The molecule has 1 aromatic heterocycles. The third-order valence-corrected chi connectivity index (χ3v) is 5.53. The van der Waals surface area contributed by atoms with Crippen LogP contribution < -0.4 is 9.47 Å². The average Bonchev–Trinajstić information content (AvgIpc) is 3.21. The van der Waals surface area contributed by atoms with Crippen LogP contribution in [-0.4, -0.2) is 27.4 Å². The second kappa shape index (κ2) is 7.54. The molecule has 7 heteroatoms. The van der Waals surface area contributed by atoms with Crippen LogP contribution in [0.5, 0.6) is 17.2 Å². The van der Waals surface area contributed by atoms with Crippen molar-refractivity contribution in [2.75, 3.05) is 6.61 Å². The van der Waals surface area contributed by atoms with Gasteiger partial charge in [0.2, 0.25) is 6.23 Å². The fraction of sp³-hybridized carbons (Fsp3) is 0.217. The number of ether oxygens (including phenoxy) is 2. The van der Waals surface area contributed by atoms with Crippen LogP contribution >= 0.6 is 11.6 Å². The van der Waals surface area contributed by atoms with Crippen molar-refractivity contribution >= 4 is 17.3 Å². The van der Waals surface area contributed by atoms with Crippen molar-refractivity contribution in [3.8, 4) is 17.2 Å². The summed E-state index contributed by atoms with van der Waals surface area (Å²) in [6.07, 6.45) is 1.83. The van der Waals surface area contributed by atoms with Crippen molar-refractivity contribution in [1.82, 2.24) is 9.99 Å². The number of hydrazone groups is 1. The lowest BCUT2D eigenvalue weighted by Crippen LogP contribution is -2.34. The van der Waals surface area contributed by atoms with E-state index in [4.69, 9.17) is 26.2 Å². The molecule has 2 aromatic carbocycles. The Kier molecular flexibility index (Phi) is 4.71. The van der Waals surface area contributed by atoms with Crippen molar-refractivity contribution in [2.24, 2.45) is 5.10 Å². The highest BCUT2D eigenvalue weighted by Gasteiger charge is 2.43. The molecule has 0 saturated heterocycles. The zero-order valence-electron chi connectivity index (χ0n) is 16.3. The molecule has 0 aliphatic carbocycles. The van der Waals surface area contributed by atoms with Crippen molar-refractivity contribution in [3.05, 3.63) is 82.6 Å². The molecule has 0 saturated carbocycles. The van der Waals surface area contributed by atoms with Gasteiger partial charge in [-0.1, -0.05) is 29.8 Å². The van der Waals surface area contributed by atoms with E-state index >= 15 is 0 Å². The Morgan fingerprint density at radius 2 is 2.10 bits per heavy atom. The summed E-state index contributed by atoms with van der Waals surface area (Å²) in [5.41, 5.74) is 3.12. The van der Waals surface area contributed by atoms with E-state index in [0.717, 1.165) is 17.0 Å². The molecular weight excluding hydrogens is 402 g/mol. The summed E-state index contributed by atoms with van der Waals surface area (Å²) in [7, 11) is 0. The highest BCUT2D eigenvalue weighted by atomic mass is 35.5. The lowest BCUT2D eigenvalue weighted by Gasteiger charge is -2.38. The zero-order valence-corrected chi connectivity index (χ0v) is 17.1. The van der Waals surface area contributed by atoms with Crippen LogP contribution in [0.15, 0.2) is 65.9 Å². The second-order valence-corrected chi connectivity index (χ2v) is 7.58. The molecule has 0 unspecified atom stereocenters. The van der Waals surface area contributed by atoms with Gasteiger partial charge in [0, 0.05) is 28.8 Å². The molecule has 1 N–H and O–H groups in total. The van der Waals surface area contributed by atoms with E-state index in [1.54, 1.807) is 24.4 Å². The normalized spacial score (nSPS) is 19.5. The molecule has 3 aromatic rings. The van der Waals surface area contributed by atoms with Gasteiger partial charge in [0.15, 0.2) is 11.5 Å². The standard InChI is InChI=1S/C23H20ClN3O3/c1-2-29-21-8-5-6-15-19-13-18(16-12-14(24)9-10-20(16)28)26-27(19)23(30-22(15)21)17-7-3-4-11-25-17/h3-12,19,23,28H,2,13H2,1H3/t19-,23-/m0/s1. The smallest absolute Gasteiger partial charge is 0.230 e.